The average molecular weight is 398 g/mol. The minimum absolute atomic E-state index is 0.122. The molecule has 0 saturated carbocycles. The Morgan fingerprint density at radius 1 is 1.14 bits per heavy atom. The smallest absolute Gasteiger partial charge is 0.255 e. The van der Waals surface area contributed by atoms with E-state index in [0.717, 1.165) is 37.4 Å². The highest BCUT2D eigenvalue weighted by atomic mass is 16.5. The van der Waals surface area contributed by atoms with E-state index in [1.54, 1.807) is 4.90 Å². The van der Waals surface area contributed by atoms with Gasteiger partial charge in [0, 0.05) is 56.0 Å². The third-order valence-electron chi connectivity index (χ3n) is 6.70. The van der Waals surface area contributed by atoms with Crippen molar-refractivity contribution in [3.05, 3.63) is 34.9 Å². The van der Waals surface area contributed by atoms with Crippen LogP contribution in [0, 0.1) is 11.8 Å². The quantitative estimate of drug-likeness (QED) is 0.606. The van der Waals surface area contributed by atoms with E-state index in [4.69, 9.17) is 4.74 Å². The molecule has 3 saturated heterocycles. The predicted molar refractivity (Wildman–Crippen MR) is 104 cm³/mol. The summed E-state index contributed by atoms with van der Waals surface area (Å²) in [4.78, 5) is 38.3. The summed E-state index contributed by atoms with van der Waals surface area (Å²) >= 11 is 0. The number of benzene rings is 1. The summed E-state index contributed by atoms with van der Waals surface area (Å²) in [6, 6.07) is 5.63. The van der Waals surface area contributed by atoms with Gasteiger partial charge in [0.15, 0.2) is 0 Å². The van der Waals surface area contributed by atoms with Crippen molar-refractivity contribution in [2.75, 3.05) is 26.3 Å². The number of imide groups is 1. The molecule has 4 heterocycles. The molecule has 1 aromatic rings. The second-order valence-electron chi connectivity index (χ2n) is 8.47. The molecule has 8 heteroatoms. The second-order valence-corrected chi connectivity index (χ2v) is 8.47. The van der Waals surface area contributed by atoms with Crippen LogP contribution in [0.15, 0.2) is 18.2 Å². The van der Waals surface area contributed by atoms with Crippen molar-refractivity contribution in [2.45, 2.75) is 38.0 Å². The van der Waals surface area contributed by atoms with Gasteiger partial charge in [-0.05, 0) is 23.6 Å². The van der Waals surface area contributed by atoms with Gasteiger partial charge in [-0.1, -0.05) is 12.1 Å². The molecule has 8 nitrogen and oxygen atoms in total. The van der Waals surface area contributed by atoms with Crippen molar-refractivity contribution in [2.24, 2.45) is 11.8 Å². The van der Waals surface area contributed by atoms with Crippen LogP contribution >= 0.6 is 0 Å². The van der Waals surface area contributed by atoms with E-state index in [-0.39, 0.29) is 24.1 Å². The minimum Gasteiger partial charge on any atom is -0.381 e. The molecule has 3 unspecified atom stereocenters. The summed E-state index contributed by atoms with van der Waals surface area (Å²) in [6.07, 6.45) is 0.655. The summed E-state index contributed by atoms with van der Waals surface area (Å²) in [6.45, 7) is 4.58. The lowest BCUT2D eigenvalue weighted by atomic mass is 9.83. The highest BCUT2D eigenvalue weighted by Crippen LogP contribution is 2.30. The first kappa shape index (κ1) is 18.7. The van der Waals surface area contributed by atoms with Gasteiger partial charge in [0.2, 0.25) is 11.8 Å². The molecule has 0 aliphatic carbocycles. The van der Waals surface area contributed by atoms with Crippen LogP contribution in [0.2, 0.25) is 0 Å². The van der Waals surface area contributed by atoms with E-state index in [1.807, 2.05) is 12.1 Å². The SMILES string of the molecule is O=C1CCC(N2Cc3c(CNC4C5CNCC4COC5)cccc3C2=O)C(=O)N1. The third-order valence-corrected chi connectivity index (χ3v) is 6.70. The van der Waals surface area contributed by atoms with Gasteiger partial charge >= 0.3 is 0 Å². The van der Waals surface area contributed by atoms with Crippen LogP contribution in [0.1, 0.15) is 34.3 Å². The number of hydrogen-bond acceptors (Lipinski definition) is 6. The van der Waals surface area contributed by atoms with Gasteiger partial charge in [-0.3, -0.25) is 19.7 Å². The average Bonchev–Trinajstić information content (AvgIpc) is 3.03. The molecule has 29 heavy (non-hydrogen) atoms. The van der Waals surface area contributed by atoms with Crippen LogP contribution in [0.5, 0.6) is 0 Å². The molecule has 0 spiro atoms. The van der Waals surface area contributed by atoms with Crippen molar-refractivity contribution in [3.8, 4) is 0 Å². The van der Waals surface area contributed by atoms with E-state index in [0.29, 0.717) is 43.0 Å². The van der Waals surface area contributed by atoms with Crippen LogP contribution in [0.25, 0.3) is 0 Å². The Labute approximate surface area is 169 Å². The van der Waals surface area contributed by atoms with Gasteiger partial charge < -0.3 is 20.3 Å². The van der Waals surface area contributed by atoms with E-state index in [2.05, 4.69) is 22.0 Å². The van der Waals surface area contributed by atoms with Crippen molar-refractivity contribution in [1.82, 2.24) is 20.9 Å². The highest BCUT2D eigenvalue weighted by molar-refractivity contribution is 6.05. The number of hydrogen-bond donors (Lipinski definition) is 3. The number of rotatable bonds is 4. The number of piperidine rings is 2. The van der Waals surface area contributed by atoms with E-state index in [1.165, 1.54) is 0 Å². The fraction of sp³-hybridized carbons (Fsp3) is 0.571. The van der Waals surface area contributed by atoms with E-state index >= 15 is 0 Å². The van der Waals surface area contributed by atoms with Gasteiger partial charge in [0.25, 0.3) is 5.91 Å². The molecular weight excluding hydrogens is 372 g/mol. The molecule has 4 aliphatic rings. The number of carbonyl (C=O) groups excluding carboxylic acids is 3. The third kappa shape index (κ3) is 3.35. The van der Waals surface area contributed by atoms with Crippen molar-refractivity contribution in [1.29, 1.82) is 0 Å². The standard InChI is InChI=1S/C21H26N4O4/c26-18-5-4-17(20(27)24-18)25-9-16-12(2-1-3-15(16)21(25)28)8-23-19-13-6-22-7-14(19)11-29-10-13/h1-3,13-14,17,19,22-23H,4-11H2,(H,24,26,27). The molecule has 1 aromatic carbocycles. The molecule has 0 aromatic heterocycles. The van der Waals surface area contributed by atoms with Crippen LogP contribution in [0.4, 0.5) is 0 Å². The summed E-state index contributed by atoms with van der Waals surface area (Å²) in [5, 5.41) is 9.56. The Balaban J connectivity index is 1.32. The predicted octanol–water partition coefficient (Wildman–Crippen LogP) is -0.228. The topological polar surface area (TPSA) is 99.8 Å². The first-order valence-electron chi connectivity index (χ1n) is 10.4. The van der Waals surface area contributed by atoms with Crippen molar-refractivity contribution in [3.63, 3.8) is 0 Å². The maximum Gasteiger partial charge on any atom is 0.255 e. The van der Waals surface area contributed by atoms with Gasteiger partial charge in [-0.2, -0.15) is 0 Å². The lowest BCUT2D eigenvalue weighted by Gasteiger charge is -2.43. The summed E-state index contributed by atoms with van der Waals surface area (Å²) in [7, 11) is 0. The zero-order valence-electron chi connectivity index (χ0n) is 16.3. The Kier molecular flexibility index (Phi) is 4.85. The summed E-state index contributed by atoms with van der Waals surface area (Å²) in [5.41, 5.74) is 2.76. The van der Waals surface area contributed by atoms with E-state index in [9.17, 15) is 14.4 Å². The molecule has 0 radical (unpaired) electrons. The normalized spacial score (nSPS) is 31.6. The molecule has 3 atom stereocenters. The summed E-state index contributed by atoms with van der Waals surface area (Å²) in [5.74, 6) is 0.159. The molecule has 3 fully saturated rings. The van der Waals surface area contributed by atoms with Gasteiger partial charge in [0.1, 0.15) is 6.04 Å². The zero-order valence-corrected chi connectivity index (χ0v) is 16.3. The van der Waals surface area contributed by atoms with Gasteiger partial charge in [0.05, 0.1) is 13.2 Å². The van der Waals surface area contributed by atoms with Crippen LogP contribution in [-0.4, -0.2) is 61.0 Å². The summed E-state index contributed by atoms with van der Waals surface area (Å²) < 4.78 is 5.71. The molecule has 5 rings (SSSR count). The Bertz CT molecular complexity index is 835. The second kappa shape index (κ2) is 7.51. The minimum atomic E-state index is -0.575. The van der Waals surface area contributed by atoms with E-state index < -0.39 is 6.04 Å². The Morgan fingerprint density at radius 3 is 2.69 bits per heavy atom. The lowest BCUT2D eigenvalue weighted by molar-refractivity contribution is -0.136. The monoisotopic (exact) mass is 398 g/mol. The zero-order chi connectivity index (χ0) is 20.0. The number of fused-ring (bicyclic) bond motifs is 3. The molecule has 2 bridgehead atoms. The first-order chi connectivity index (χ1) is 14.1. The molecule has 154 valence electrons. The first-order valence-corrected chi connectivity index (χ1v) is 10.4. The number of nitrogens with zero attached hydrogens (tertiary/aromatic N) is 1. The fourth-order valence-electron chi connectivity index (χ4n) is 5.17. The number of nitrogens with one attached hydrogen (secondary N) is 3. The molecule has 3 amide bonds. The largest absolute Gasteiger partial charge is 0.381 e. The van der Waals surface area contributed by atoms with Crippen molar-refractivity contribution < 1.29 is 19.1 Å². The number of amides is 3. The number of carbonyl (C=O) groups is 3. The highest BCUT2D eigenvalue weighted by Gasteiger charge is 2.40. The van der Waals surface area contributed by atoms with Crippen LogP contribution in [-0.2, 0) is 27.4 Å². The molecular formula is C21H26N4O4. The van der Waals surface area contributed by atoms with Crippen molar-refractivity contribution >= 4 is 17.7 Å². The fourth-order valence-corrected chi connectivity index (χ4v) is 5.17. The maximum atomic E-state index is 13.0. The molecule has 4 aliphatic heterocycles. The Hall–Kier alpha value is -2.29. The van der Waals surface area contributed by atoms with Gasteiger partial charge in [-0.25, -0.2) is 0 Å². The van der Waals surface area contributed by atoms with Gasteiger partial charge in [-0.15, -0.1) is 0 Å². The van der Waals surface area contributed by atoms with Crippen LogP contribution < -0.4 is 16.0 Å². The van der Waals surface area contributed by atoms with Crippen LogP contribution in [0.3, 0.4) is 0 Å². The maximum absolute atomic E-state index is 13.0. The lowest BCUT2D eigenvalue weighted by Crippen LogP contribution is -2.59. The Morgan fingerprint density at radius 2 is 1.93 bits per heavy atom. The molecule has 3 N–H and O–H groups in total. The number of ether oxygens (including phenoxy) is 1.